The lowest BCUT2D eigenvalue weighted by atomic mass is 9.96. The van der Waals surface area contributed by atoms with Crippen molar-refractivity contribution < 1.29 is 13.9 Å². The number of halogens is 1. The summed E-state index contributed by atoms with van der Waals surface area (Å²) < 4.78 is 18.7. The first kappa shape index (κ1) is 20.1. The Kier molecular flexibility index (Phi) is 6.40. The van der Waals surface area contributed by atoms with E-state index in [0.717, 1.165) is 13.1 Å². The Morgan fingerprint density at radius 1 is 0.833 bits per heavy atom. The molecule has 3 aromatic rings. The third kappa shape index (κ3) is 4.86. The lowest BCUT2D eigenvalue weighted by Crippen LogP contribution is -2.51. The molecule has 4 rings (SSSR count). The summed E-state index contributed by atoms with van der Waals surface area (Å²) in [5.74, 6) is -0.0773. The first-order valence-corrected chi connectivity index (χ1v) is 10.2. The van der Waals surface area contributed by atoms with Gasteiger partial charge in [-0.25, -0.2) is 4.39 Å². The van der Waals surface area contributed by atoms with Crippen LogP contribution in [-0.2, 0) is 4.79 Å². The van der Waals surface area contributed by atoms with Crippen LogP contribution in [0.4, 0.5) is 4.39 Å². The minimum atomic E-state index is -0.374. The number of hydrogen-bond donors (Lipinski definition) is 0. The van der Waals surface area contributed by atoms with E-state index in [1.54, 1.807) is 12.1 Å². The van der Waals surface area contributed by atoms with Crippen LogP contribution in [0.15, 0.2) is 84.9 Å². The Morgan fingerprint density at radius 3 is 2.00 bits per heavy atom. The monoisotopic (exact) mass is 404 g/mol. The van der Waals surface area contributed by atoms with Crippen LogP contribution >= 0.6 is 0 Å². The molecule has 0 unspecified atom stereocenters. The number of carbonyl (C=O) groups is 1. The summed E-state index contributed by atoms with van der Waals surface area (Å²) in [5, 5.41) is 0. The second-order valence-corrected chi connectivity index (χ2v) is 7.39. The SMILES string of the molecule is O=C(COc1cccc(F)c1)N1CCN(C(c2ccccc2)c2ccccc2)CC1. The fourth-order valence-electron chi connectivity index (χ4n) is 3.91. The number of ether oxygens (including phenoxy) is 1. The number of piperazine rings is 1. The first-order valence-electron chi connectivity index (χ1n) is 10.2. The molecule has 0 N–H and O–H groups in total. The van der Waals surface area contributed by atoms with Gasteiger partial charge in [-0.1, -0.05) is 66.7 Å². The van der Waals surface area contributed by atoms with Gasteiger partial charge in [0.25, 0.3) is 5.91 Å². The standard InChI is InChI=1S/C25H25FN2O2/c26-22-12-7-13-23(18-22)30-19-24(29)27-14-16-28(17-15-27)25(20-8-3-1-4-9-20)21-10-5-2-6-11-21/h1-13,18,25H,14-17,19H2. The lowest BCUT2D eigenvalue weighted by molar-refractivity contribution is -0.135. The summed E-state index contributed by atoms with van der Waals surface area (Å²) in [4.78, 5) is 16.8. The summed E-state index contributed by atoms with van der Waals surface area (Å²) in [6.45, 7) is 2.76. The van der Waals surface area contributed by atoms with Crippen molar-refractivity contribution in [3.63, 3.8) is 0 Å². The van der Waals surface area contributed by atoms with E-state index in [9.17, 15) is 9.18 Å². The molecule has 1 fully saturated rings. The number of rotatable bonds is 6. The van der Waals surface area contributed by atoms with Crippen LogP contribution < -0.4 is 4.74 Å². The molecular weight excluding hydrogens is 379 g/mol. The van der Waals surface area contributed by atoms with Gasteiger partial charge in [0.2, 0.25) is 0 Å². The number of nitrogens with zero attached hydrogens (tertiary/aromatic N) is 2. The molecule has 1 aliphatic heterocycles. The molecule has 0 radical (unpaired) electrons. The van der Waals surface area contributed by atoms with Gasteiger partial charge in [-0.15, -0.1) is 0 Å². The molecule has 0 saturated carbocycles. The minimum absolute atomic E-state index is 0.0742. The van der Waals surface area contributed by atoms with Crippen LogP contribution in [0.25, 0.3) is 0 Å². The zero-order valence-electron chi connectivity index (χ0n) is 16.8. The van der Waals surface area contributed by atoms with Crippen molar-refractivity contribution in [2.24, 2.45) is 0 Å². The van der Waals surface area contributed by atoms with Gasteiger partial charge in [0.05, 0.1) is 6.04 Å². The first-order chi connectivity index (χ1) is 14.7. The van der Waals surface area contributed by atoms with Gasteiger partial charge in [-0.2, -0.15) is 0 Å². The Balaban J connectivity index is 1.39. The van der Waals surface area contributed by atoms with Crippen LogP contribution in [0.3, 0.4) is 0 Å². The van der Waals surface area contributed by atoms with Crippen LogP contribution in [0.2, 0.25) is 0 Å². The molecule has 3 aromatic carbocycles. The lowest BCUT2D eigenvalue weighted by Gasteiger charge is -2.39. The molecule has 0 aromatic heterocycles. The summed E-state index contributed by atoms with van der Waals surface area (Å²) in [6, 6.07) is 27.0. The molecular formula is C25H25FN2O2. The van der Waals surface area contributed by atoms with Gasteiger partial charge in [0, 0.05) is 32.2 Å². The molecule has 30 heavy (non-hydrogen) atoms. The van der Waals surface area contributed by atoms with Gasteiger partial charge in [0.15, 0.2) is 6.61 Å². The average molecular weight is 404 g/mol. The van der Waals surface area contributed by atoms with Crippen molar-refractivity contribution in [3.8, 4) is 5.75 Å². The smallest absolute Gasteiger partial charge is 0.260 e. The normalized spacial score (nSPS) is 14.7. The fraction of sp³-hybridized carbons (Fsp3) is 0.240. The van der Waals surface area contributed by atoms with Crippen LogP contribution in [0.5, 0.6) is 5.75 Å². The minimum Gasteiger partial charge on any atom is -0.484 e. The third-order valence-corrected chi connectivity index (χ3v) is 5.42. The van der Waals surface area contributed by atoms with E-state index in [1.807, 2.05) is 17.0 Å². The highest BCUT2D eigenvalue weighted by Crippen LogP contribution is 2.29. The van der Waals surface area contributed by atoms with Crippen molar-refractivity contribution in [1.82, 2.24) is 9.80 Å². The highest BCUT2D eigenvalue weighted by Gasteiger charge is 2.28. The molecule has 0 aliphatic carbocycles. The Labute approximate surface area is 176 Å². The van der Waals surface area contributed by atoms with Crippen LogP contribution in [0, 0.1) is 5.82 Å². The fourth-order valence-corrected chi connectivity index (χ4v) is 3.91. The maximum atomic E-state index is 13.3. The maximum Gasteiger partial charge on any atom is 0.260 e. The number of hydrogen-bond acceptors (Lipinski definition) is 3. The van der Waals surface area contributed by atoms with Crippen LogP contribution in [-0.4, -0.2) is 48.5 Å². The molecule has 1 saturated heterocycles. The summed E-state index contributed by atoms with van der Waals surface area (Å²) in [7, 11) is 0. The molecule has 1 aliphatic rings. The van der Waals surface area contributed by atoms with E-state index < -0.39 is 0 Å². The zero-order chi connectivity index (χ0) is 20.8. The van der Waals surface area contributed by atoms with Gasteiger partial charge in [-0.05, 0) is 23.3 Å². The molecule has 154 valence electrons. The van der Waals surface area contributed by atoms with Crippen molar-refractivity contribution in [2.45, 2.75) is 6.04 Å². The molecule has 1 amide bonds. The average Bonchev–Trinajstić information content (AvgIpc) is 2.80. The quantitative estimate of drug-likeness (QED) is 0.619. The van der Waals surface area contributed by atoms with E-state index in [1.165, 1.54) is 23.3 Å². The summed E-state index contributed by atoms with van der Waals surface area (Å²) in [5.41, 5.74) is 2.50. The van der Waals surface area contributed by atoms with E-state index in [4.69, 9.17) is 4.74 Å². The predicted octanol–water partition coefficient (Wildman–Crippen LogP) is 4.14. The Morgan fingerprint density at radius 2 is 1.43 bits per heavy atom. The molecule has 5 heteroatoms. The van der Waals surface area contributed by atoms with Crippen molar-refractivity contribution >= 4 is 5.91 Å². The van der Waals surface area contributed by atoms with E-state index >= 15 is 0 Å². The van der Waals surface area contributed by atoms with E-state index in [0.29, 0.717) is 18.8 Å². The Hall–Kier alpha value is -3.18. The van der Waals surface area contributed by atoms with Gasteiger partial charge in [0.1, 0.15) is 11.6 Å². The highest BCUT2D eigenvalue weighted by molar-refractivity contribution is 5.77. The van der Waals surface area contributed by atoms with Gasteiger partial charge in [-0.3, -0.25) is 9.69 Å². The number of carbonyl (C=O) groups excluding carboxylic acids is 1. The molecule has 0 bridgehead atoms. The summed E-state index contributed by atoms with van der Waals surface area (Å²) in [6.07, 6.45) is 0. The molecule has 0 atom stereocenters. The van der Waals surface area contributed by atoms with Gasteiger partial charge >= 0.3 is 0 Å². The second kappa shape index (κ2) is 9.55. The third-order valence-electron chi connectivity index (χ3n) is 5.42. The van der Waals surface area contributed by atoms with Crippen LogP contribution in [0.1, 0.15) is 17.2 Å². The Bertz CT molecular complexity index is 918. The van der Waals surface area contributed by atoms with E-state index in [-0.39, 0.29) is 24.4 Å². The summed E-state index contributed by atoms with van der Waals surface area (Å²) >= 11 is 0. The van der Waals surface area contributed by atoms with Gasteiger partial charge < -0.3 is 9.64 Å². The predicted molar refractivity (Wildman–Crippen MR) is 115 cm³/mol. The van der Waals surface area contributed by atoms with Crippen molar-refractivity contribution in [1.29, 1.82) is 0 Å². The molecule has 1 heterocycles. The highest BCUT2D eigenvalue weighted by atomic mass is 19.1. The van der Waals surface area contributed by atoms with Crippen molar-refractivity contribution in [3.05, 3.63) is 102 Å². The maximum absolute atomic E-state index is 13.3. The largest absolute Gasteiger partial charge is 0.484 e. The van der Waals surface area contributed by atoms with E-state index in [2.05, 4.69) is 53.4 Å². The second-order valence-electron chi connectivity index (χ2n) is 7.39. The van der Waals surface area contributed by atoms with Crippen molar-refractivity contribution in [2.75, 3.05) is 32.8 Å². The number of amides is 1. The zero-order valence-corrected chi connectivity index (χ0v) is 16.8. The molecule has 4 nitrogen and oxygen atoms in total. The topological polar surface area (TPSA) is 32.8 Å². The molecule has 0 spiro atoms. The number of benzene rings is 3.